The average molecular weight is 375 g/mol. The Kier molecular flexibility index (Phi) is 4.88. The molecule has 0 radical (unpaired) electrons. The molecule has 140 valence electrons. The SMILES string of the molecule is O=C(N/N=C\c1ccc2c(c1)OCCO2)C(=O)Nc1cccc2ccccc12. The van der Waals surface area contributed by atoms with Crippen LogP contribution in [0.4, 0.5) is 5.69 Å². The van der Waals surface area contributed by atoms with E-state index >= 15 is 0 Å². The summed E-state index contributed by atoms with van der Waals surface area (Å²) in [4.78, 5) is 24.2. The van der Waals surface area contributed by atoms with Gasteiger partial charge in [-0.2, -0.15) is 5.10 Å². The van der Waals surface area contributed by atoms with Crippen molar-refractivity contribution in [3.8, 4) is 11.5 Å². The van der Waals surface area contributed by atoms with Gasteiger partial charge in [0.1, 0.15) is 13.2 Å². The highest BCUT2D eigenvalue weighted by Crippen LogP contribution is 2.30. The lowest BCUT2D eigenvalue weighted by Crippen LogP contribution is -2.32. The Morgan fingerprint density at radius 3 is 2.57 bits per heavy atom. The Labute approximate surface area is 161 Å². The third-order valence-electron chi connectivity index (χ3n) is 4.19. The summed E-state index contributed by atoms with van der Waals surface area (Å²) in [6.07, 6.45) is 1.43. The van der Waals surface area contributed by atoms with E-state index in [2.05, 4.69) is 15.8 Å². The molecule has 0 atom stereocenters. The summed E-state index contributed by atoms with van der Waals surface area (Å²) >= 11 is 0. The summed E-state index contributed by atoms with van der Waals surface area (Å²) in [7, 11) is 0. The molecule has 7 nitrogen and oxygen atoms in total. The predicted molar refractivity (Wildman–Crippen MR) is 106 cm³/mol. The standard InChI is InChI=1S/C21H17N3O4/c25-20(23-17-7-3-5-15-4-1-2-6-16(15)17)21(26)24-22-13-14-8-9-18-19(12-14)28-11-10-27-18/h1-9,12-13H,10-11H2,(H,23,25)(H,24,26)/b22-13-. The van der Waals surface area contributed by atoms with Crippen LogP contribution in [0.25, 0.3) is 10.8 Å². The minimum absolute atomic E-state index is 0.485. The highest BCUT2D eigenvalue weighted by atomic mass is 16.6. The first-order chi connectivity index (χ1) is 13.7. The molecule has 4 rings (SSSR count). The van der Waals surface area contributed by atoms with Crippen LogP contribution in [0.15, 0.2) is 65.8 Å². The number of carbonyl (C=O) groups is 2. The monoisotopic (exact) mass is 375 g/mol. The number of amides is 2. The van der Waals surface area contributed by atoms with Gasteiger partial charge in [-0.05, 0) is 35.2 Å². The topological polar surface area (TPSA) is 89.0 Å². The number of fused-ring (bicyclic) bond motifs is 2. The first-order valence-corrected chi connectivity index (χ1v) is 8.72. The van der Waals surface area contributed by atoms with Crippen molar-refractivity contribution in [2.45, 2.75) is 0 Å². The number of ether oxygens (including phenoxy) is 2. The first-order valence-electron chi connectivity index (χ1n) is 8.72. The second-order valence-electron chi connectivity index (χ2n) is 6.08. The molecule has 0 aliphatic carbocycles. The number of anilines is 1. The third-order valence-corrected chi connectivity index (χ3v) is 4.19. The van der Waals surface area contributed by atoms with E-state index in [-0.39, 0.29) is 0 Å². The van der Waals surface area contributed by atoms with Gasteiger partial charge in [0.2, 0.25) is 0 Å². The Balaban J connectivity index is 1.39. The van der Waals surface area contributed by atoms with Crippen molar-refractivity contribution >= 4 is 34.5 Å². The summed E-state index contributed by atoms with van der Waals surface area (Å²) in [6, 6.07) is 18.4. The Morgan fingerprint density at radius 2 is 1.68 bits per heavy atom. The minimum atomic E-state index is -0.860. The van der Waals surface area contributed by atoms with Crippen molar-refractivity contribution < 1.29 is 19.1 Å². The highest BCUT2D eigenvalue weighted by Gasteiger charge is 2.14. The second kappa shape index (κ2) is 7.79. The number of benzene rings is 3. The quantitative estimate of drug-likeness (QED) is 0.418. The number of carbonyl (C=O) groups excluding carboxylic acids is 2. The van der Waals surface area contributed by atoms with E-state index in [0.29, 0.717) is 36.0 Å². The van der Waals surface area contributed by atoms with E-state index in [4.69, 9.17) is 9.47 Å². The molecule has 28 heavy (non-hydrogen) atoms. The number of hydrogen-bond acceptors (Lipinski definition) is 5. The summed E-state index contributed by atoms with van der Waals surface area (Å²) in [6.45, 7) is 1.00. The number of nitrogens with one attached hydrogen (secondary N) is 2. The third kappa shape index (κ3) is 3.78. The number of nitrogens with zero attached hydrogens (tertiary/aromatic N) is 1. The molecule has 1 aliphatic heterocycles. The molecule has 7 heteroatoms. The Hall–Kier alpha value is -3.87. The molecule has 2 N–H and O–H groups in total. The van der Waals surface area contributed by atoms with Gasteiger partial charge in [-0.1, -0.05) is 36.4 Å². The molecule has 0 bridgehead atoms. The largest absolute Gasteiger partial charge is 0.486 e. The van der Waals surface area contributed by atoms with Crippen molar-refractivity contribution in [2.75, 3.05) is 18.5 Å². The van der Waals surface area contributed by atoms with Crippen molar-refractivity contribution in [1.29, 1.82) is 0 Å². The number of rotatable bonds is 3. The van der Waals surface area contributed by atoms with Gasteiger partial charge in [0.25, 0.3) is 0 Å². The first kappa shape index (κ1) is 17.5. The molecule has 0 saturated heterocycles. The van der Waals surface area contributed by atoms with E-state index in [0.717, 1.165) is 10.8 Å². The van der Waals surface area contributed by atoms with Gasteiger partial charge in [-0.15, -0.1) is 0 Å². The van der Waals surface area contributed by atoms with E-state index in [1.807, 2.05) is 36.4 Å². The van der Waals surface area contributed by atoms with Crippen LogP contribution < -0.4 is 20.2 Å². The van der Waals surface area contributed by atoms with Crippen LogP contribution in [0.5, 0.6) is 11.5 Å². The van der Waals surface area contributed by atoms with Crippen LogP contribution in [-0.2, 0) is 9.59 Å². The Morgan fingerprint density at radius 1 is 0.893 bits per heavy atom. The molecule has 0 saturated carbocycles. The van der Waals surface area contributed by atoms with Gasteiger partial charge >= 0.3 is 11.8 Å². The van der Waals surface area contributed by atoms with E-state index < -0.39 is 11.8 Å². The van der Waals surface area contributed by atoms with Crippen LogP contribution in [0.2, 0.25) is 0 Å². The molecule has 3 aromatic carbocycles. The maximum atomic E-state index is 12.2. The van der Waals surface area contributed by atoms with Crippen molar-refractivity contribution in [2.24, 2.45) is 5.10 Å². The van der Waals surface area contributed by atoms with Gasteiger partial charge in [0.05, 0.1) is 6.21 Å². The zero-order chi connectivity index (χ0) is 19.3. The van der Waals surface area contributed by atoms with E-state index in [1.165, 1.54) is 6.21 Å². The van der Waals surface area contributed by atoms with Gasteiger partial charge in [-0.25, -0.2) is 5.43 Å². The van der Waals surface area contributed by atoms with Gasteiger partial charge in [-0.3, -0.25) is 9.59 Å². The zero-order valence-corrected chi connectivity index (χ0v) is 14.8. The molecule has 0 aromatic heterocycles. The number of hydrazone groups is 1. The highest BCUT2D eigenvalue weighted by molar-refractivity contribution is 6.40. The molecular weight excluding hydrogens is 358 g/mol. The van der Waals surface area contributed by atoms with Gasteiger partial charge < -0.3 is 14.8 Å². The van der Waals surface area contributed by atoms with Gasteiger partial charge in [0, 0.05) is 11.1 Å². The maximum absolute atomic E-state index is 12.2. The predicted octanol–water partition coefficient (Wildman–Crippen LogP) is 2.70. The fourth-order valence-corrected chi connectivity index (χ4v) is 2.87. The second-order valence-corrected chi connectivity index (χ2v) is 6.08. The molecule has 3 aromatic rings. The van der Waals surface area contributed by atoms with Crippen LogP contribution in [-0.4, -0.2) is 31.2 Å². The van der Waals surface area contributed by atoms with E-state index in [1.54, 1.807) is 24.3 Å². The van der Waals surface area contributed by atoms with Gasteiger partial charge in [0.15, 0.2) is 11.5 Å². The fraction of sp³-hybridized carbons (Fsp3) is 0.0952. The van der Waals surface area contributed by atoms with E-state index in [9.17, 15) is 9.59 Å². The molecule has 1 aliphatic rings. The molecule has 1 heterocycles. The normalized spacial score (nSPS) is 12.7. The molecule has 2 amide bonds. The minimum Gasteiger partial charge on any atom is -0.486 e. The molecule has 0 fully saturated rings. The lowest BCUT2D eigenvalue weighted by atomic mass is 10.1. The van der Waals surface area contributed by atoms with Crippen LogP contribution >= 0.6 is 0 Å². The summed E-state index contributed by atoms with van der Waals surface area (Å²) in [5.74, 6) is -0.366. The zero-order valence-electron chi connectivity index (χ0n) is 14.8. The lowest BCUT2D eigenvalue weighted by molar-refractivity contribution is -0.136. The average Bonchev–Trinajstić information content (AvgIpc) is 2.74. The molecular formula is C21H17N3O4. The summed E-state index contributed by atoms with van der Waals surface area (Å²) in [5, 5.41) is 8.27. The smallest absolute Gasteiger partial charge is 0.329 e. The van der Waals surface area contributed by atoms with Crippen LogP contribution in [0.3, 0.4) is 0 Å². The van der Waals surface area contributed by atoms with Crippen molar-refractivity contribution in [3.63, 3.8) is 0 Å². The van der Waals surface area contributed by atoms with Crippen LogP contribution in [0.1, 0.15) is 5.56 Å². The summed E-state index contributed by atoms with van der Waals surface area (Å²) < 4.78 is 10.9. The molecule has 0 spiro atoms. The Bertz CT molecular complexity index is 1070. The number of hydrogen-bond donors (Lipinski definition) is 2. The van der Waals surface area contributed by atoms with Crippen LogP contribution in [0, 0.1) is 0 Å². The van der Waals surface area contributed by atoms with Crippen molar-refractivity contribution in [3.05, 3.63) is 66.2 Å². The maximum Gasteiger partial charge on any atom is 0.329 e. The summed E-state index contributed by atoms with van der Waals surface area (Å²) in [5.41, 5.74) is 3.50. The lowest BCUT2D eigenvalue weighted by Gasteiger charge is -2.18. The molecule has 0 unspecified atom stereocenters. The van der Waals surface area contributed by atoms with Crippen molar-refractivity contribution in [1.82, 2.24) is 5.43 Å². The fourth-order valence-electron chi connectivity index (χ4n) is 2.87.